The average molecular weight is 241 g/mol. The van der Waals surface area contributed by atoms with Crippen LogP contribution in [0.4, 0.5) is 14.5 Å². The second kappa shape index (κ2) is 5.98. The molecule has 92 valence electrons. The Morgan fingerprint density at radius 3 is 2.76 bits per heavy atom. The summed E-state index contributed by atoms with van der Waals surface area (Å²) >= 11 is 0. The van der Waals surface area contributed by atoms with Crippen molar-refractivity contribution in [1.29, 1.82) is 0 Å². The Morgan fingerprint density at radius 1 is 1.47 bits per heavy atom. The normalized spacial score (nSPS) is 9.82. The van der Waals surface area contributed by atoms with Gasteiger partial charge >= 0.3 is 5.97 Å². The molecule has 0 saturated carbocycles. The molecule has 0 aliphatic carbocycles. The lowest BCUT2D eigenvalue weighted by atomic mass is 10.1. The predicted molar refractivity (Wildman–Crippen MR) is 61.0 cm³/mol. The first-order valence-corrected chi connectivity index (χ1v) is 5.03. The fourth-order valence-electron chi connectivity index (χ4n) is 1.26. The quantitative estimate of drug-likeness (QED) is 0.489. The van der Waals surface area contributed by atoms with E-state index in [9.17, 15) is 13.6 Å². The summed E-state index contributed by atoms with van der Waals surface area (Å²) in [5.41, 5.74) is -0.406. The number of halogens is 2. The molecule has 0 bridgehead atoms. The van der Waals surface area contributed by atoms with Crippen molar-refractivity contribution in [2.24, 2.45) is 0 Å². The number of nitrogens with one attached hydrogen (secondary N) is 1. The summed E-state index contributed by atoms with van der Waals surface area (Å²) in [6, 6.07) is 2.48. The molecule has 0 radical (unpaired) electrons. The van der Waals surface area contributed by atoms with E-state index in [1.165, 1.54) is 12.1 Å². The van der Waals surface area contributed by atoms with E-state index in [1.54, 1.807) is 6.08 Å². The van der Waals surface area contributed by atoms with Gasteiger partial charge in [0.05, 0.1) is 18.4 Å². The summed E-state index contributed by atoms with van der Waals surface area (Å²) in [5, 5.41) is 2.70. The molecule has 0 spiro atoms. The van der Waals surface area contributed by atoms with E-state index >= 15 is 0 Å². The summed E-state index contributed by atoms with van der Waals surface area (Å²) in [6.45, 7) is 3.95. The molecule has 0 saturated heterocycles. The van der Waals surface area contributed by atoms with Gasteiger partial charge in [-0.05, 0) is 18.6 Å². The minimum absolute atomic E-state index is 0.0111. The van der Waals surface area contributed by atoms with E-state index in [0.717, 1.165) is 7.11 Å². The van der Waals surface area contributed by atoms with Crippen molar-refractivity contribution in [3.8, 4) is 0 Å². The van der Waals surface area contributed by atoms with Crippen molar-refractivity contribution in [1.82, 2.24) is 0 Å². The zero-order chi connectivity index (χ0) is 12.8. The molecular formula is C12H13F2NO2. The highest BCUT2D eigenvalue weighted by Gasteiger charge is 2.18. The fourth-order valence-corrected chi connectivity index (χ4v) is 1.26. The zero-order valence-electron chi connectivity index (χ0n) is 9.43. The van der Waals surface area contributed by atoms with E-state index < -0.39 is 23.2 Å². The van der Waals surface area contributed by atoms with Gasteiger partial charge in [-0.15, -0.1) is 6.58 Å². The van der Waals surface area contributed by atoms with Crippen molar-refractivity contribution < 1.29 is 18.3 Å². The van der Waals surface area contributed by atoms with E-state index in [0.29, 0.717) is 13.0 Å². The third kappa shape index (κ3) is 3.03. The van der Waals surface area contributed by atoms with Crippen LogP contribution in [-0.2, 0) is 4.74 Å². The van der Waals surface area contributed by atoms with Crippen LogP contribution < -0.4 is 5.32 Å². The molecule has 5 heteroatoms. The van der Waals surface area contributed by atoms with Crippen molar-refractivity contribution >= 4 is 11.7 Å². The lowest BCUT2D eigenvalue weighted by Gasteiger charge is -2.08. The van der Waals surface area contributed by atoms with Gasteiger partial charge in [0, 0.05) is 6.54 Å². The number of esters is 1. The van der Waals surface area contributed by atoms with Gasteiger partial charge in [-0.25, -0.2) is 13.6 Å². The number of carbonyl (C=O) groups excluding carboxylic acids is 1. The van der Waals surface area contributed by atoms with Gasteiger partial charge < -0.3 is 10.1 Å². The number of benzene rings is 1. The maximum absolute atomic E-state index is 13.5. The minimum Gasteiger partial charge on any atom is -0.465 e. The second-order valence-corrected chi connectivity index (χ2v) is 3.28. The number of methoxy groups -OCH3 is 1. The average Bonchev–Trinajstić information content (AvgIpc) is 2.34. The topological polar surface area (TPSA) is 38.3 Å². The molecule has 0 aliphatic heterocycles. The first-order chi connectivity index (χ1) is 8.11. The summed E-state index contributed by atoms with van der Waals surface area (Å²) < 4.78 is 31.3. The Hall–Kier alpha value is -1.91. The lowest BCUT2D eigenvalue weighted by molar-refractivity contribution is 0.0594. The molecular weight excluding hydrogens is 228 g/mol. The molecule has 0 aromatic heterocycles. The van der Waals surface area contributed by atoms with Gasteiger partial charge in [-0.1, -0.05) is 6.08 Å². The van der Waals surface area contributed by atoms with E-state index in [4.69, 9.17) is 0 Å². The summed E-state index contributed by atoms with van der Waals surface area (Å²) in [6.07, 6.45) is 2.28. The Balaban J connectivity index is 2.94. The van der Waals surface area contributed by atoms with E-state index in [1.807, 2.05) is 0 Å². The molecule has 0 aliphatic rings. The van der Waals surface area contributed by atoms with Crippen molar-refractivity contribution in [3.05, 3.63) is 42.0 Å². The monoisotopic (exact) mass is 241 g/mol. The lowest BCUT2D eigenvalue weighted by Crippen LogP contribution is -2.09. The molecule has 0 amide bonds. The molecule has 1 aromatic carbocycles. The minimum atomic E-state index is -1.21. The van der Waals surface area contributed by atoms with Crippen LogP contribution in [0.3, 0.4) is 0 Å². The molecule has 1 rings (SSSR count). The highest BCUT2D eigenvalue weighted by Crippen LogP contribution is 2.21. The van der Waals surface area contributed by atoms with Crippen LogP contribution in [0.1, 0.15) is 16.8 Å². The van der Waals surface area contributed by atoms with Crippen molar-refractivity contribution in [2.45, 2.75) is 6.42 Å². The highest BCUT2D eigenvalue weighted by atomic mass is 19.2. The highest BCUT2D eigenvalue weighted by molar-refractivity contribution is 5.90. The fraction of sp³-hybridized carbons (Fsp3) is 0.250. The van der Waals surface area contributed by atoms with Gasteiger partial charge in [-0.3, -0.25) is 0 Å². The summed E-state index contributed by atoms with van der Waals surface area (Å²) in [4.78, 5) is 11.1. The largest absolute Gasteiger partial charge is 0.465 e. The molecule has 0 heterocycles. The van der Waals surface area contributed by atoms with Crippen LogP contribution in [0.25, 0.3) is 0 Å². The Bertz CT molecular complexity index is 433. The van der Waals surface area contributed by atoms with Crippen LogP contribution in [0.15, 0.2) is 24.8 Å². The van der Waals surface area contributed by atoms with Gasteiger partial charge in [0.25, 0.3) is 0 Å². The SMILES string of the molecule is C=CCCNc1ccc(C(=O)OC)c(F)c1F. The van der Waals surface area contributed by atoms with Crippen molar-refractivity contribution in [2.75, 3.05) is 19.0 Å². The summed E-state index contributed by atoms with van der Waals surface area (Å²) in [5.74, 6) is -3.20. The molecule has 3 nitrogen and oxygen atoms in total. The third-order valence-electron chi connectivity index (χ3n) is 2.15. The van der Waals surface area contributed by atoms with E-state index in [2.05, 4.69) is 16.6 Å². The number of ether oxygens (including phenoxy) is 1. The molecule has 1 aromatic rings. The number of carbonyl (C=O) groups is 1. The Morgan fingerprint density at radius 2 is 2.18 bits per heavy atom. The van der Waals surface area contributed by atoms with Crippen LogP contribution in [0.5, 0.6) is 0 Å². The molecule has 0 atom stereocenters. The number of hydrogen-bond acceptors (Lipinski definition) is 3. The summed E-state index contributed by atoms with van der Waals surface area (Å²) in [7, 11) is 1.11. The second-order valence-electron chi connectivity index (χ2n) is 3.28. The first-order valence-electron chi connectivity index (χ1n) is 5.03. The van der Waals surface area contributed by atoms with Crippen LogP contribution >= 0.6 is 0 Å². The van der Waals surface area contributed by atoms with Crippen LogP contribution in [0, 0.1) is 11.6 Å². The maximum atomic E-state index is 13.5. The first kappa shape index (κ1) is 13.2. The maximum Gasteiger partial charge on any atom is 0.340 e. The van der Waals surface area contributed by atoms with Gasteiger partial charge in [0.1, 0.15) is 0 Å². The Labute approximate surface area is 98.1 Å². The molecule has 0 fully saturated rings. The number of anilines is 1. The van der Waals surface area contributed by atoms with Gasteiger partial charge in [-0.2, -0.15) is 0 Å². The van der Waals surface area contributed by atoms with Crippen LogP contribution in [0.2, 0.25) is 0 Å². The Kier molecular flexibility index (Phi) is 4.63. The predicted octanol–water partition coefficient (Wildman–Crippen LogP) is 2.74. The smallest absolute Gasteiger partial charge is 0.340 e. The molecule has 0 unspecified atom stereocenters. The van der Waals surface area contributed by atoms with Crippen LogP contribution in [-0.4, -0.2) is 19.6 Å². The molecule has 17 heavy (non-hydrogen) atoms. The zero-order valence-corrected chi connectivity index (χ0v) is 9.43. The third-order valence-corrected chi connectivity index (χ3v) is 2.15. The number of hydrogen-bond donors (Lipinski definition) is 1. The standard InChI is InChI=1S/C12H13F2NO2/c1-3-4-7-15-9-6-5-8(12(16)17-2)10(13)11(9)14/h3,5-6,15H,1,4,7H2,2H3. The van der Waals surface area contributed by atoms with E-state index in [-0.39, 0.29) is 5.69 Å². The van der Waals surface area contributed by atoms with Crippen molar-refractivity contribution in [3.63, 3.8) is 0 Å². The van der Waals surface area contributed by atoms with Gasteiger partial charge in [0.2, 0.25) is 0 Å². The number of rotatable bonds is 5. The van der Waals surface area contributed by atoms with Gasteiger partial charge in [0.15, 0.2) is 11.6 Å². The molecule has 1 N–H and O–H groups in total.